The Kier molecular flexibility index (Phi) is 6.39. The van der Waals surface area contributed by atoms with Gasteiger partial charge in [0.1, 0.15) is 5.75 Å². The molecular weight excluding hydrogens is 446 g/mol. The van der Waals surface area contributed by atoms with E-state index in [9.17, 15) is 18.0 Å². The van der Waals surface area contributed by atoms with Gasteiger partial charge in [-0.15, -0.1) is 0 Å². The van der Waals surface area contributed by atoms with Crippen LogP contribution in [0, 0.1) is 0 Å². The molecule has 0 radical (unpaired) electrons. The van der Waals surface area contributed by atoms with Crippen molar-refractivity contribution < 1.29 is 22.4 Å². The van der Waals surface area contributed by atoms with E-state index in [0.717, 1.165) is 11.3 Å². The van der Waals surface area contributed by atoms with Crippen molar-refractivity contribution in [2.45, 2.75) is 18.4 Å². The maximum atomic E-state index is 13.1. The number of methoxy groups -OCH3 is 1. The number of benzene rings is 2. The minimum absolute atomic E-state index is 0.0613. The first-order valence-corrected chi connectivity index (χ1v) is 12.0. The van der Waals surface area contributed by atoms with Crippen LogP contribution < -0.4 is 10.5 Å². The molecule has 0 unspecified atom stereocenters. The molecule has 0 N–H and O–H groups in total. The molecule has 9 nitrogen and oxygen atoms in total. The molecule has 174 valence electrons. The number of piperazine rings is 1. The second kappa shape index (κ2) is 9.24. The van der Waals surface area contributed by atoms with Gasteiger partial charge in [-0.2, -0.15) is 4.31 Å². The minimum atomic E-state index is -3.78. The largest absolute Gasteiger partial charge is 0.497 e. The van der Waals surface area contributed by atoms with Crippen molar-refractivity contribution in [3.05, 3.63) is 64.7 Å². The molecular formula is C23H25N3O6S. The maximum Gasteiger partial charge on any atom is 0.419 e. The second-order valence-electron chi connectivity index (χ2n) is 7.58. The van der Waals surface area contributed by atoms with Gasteiger partial charge in [0, 0.05) is 44.9 Å². The van der Waals surface area contributed by atoms with E-state index in [0.29, 0.717) is 12.1 Å². The van der Waals surface area contributed by atoms with Crippen LogP contribution in [0.5, 0.6) is 5.75 Å². The molecule has 10 heteroatoms. The molecule has 1 aliphatic heterocycles. The Balaban J connectivity index is 1.42. The van der Waals surface area contributed by atoms with Gasteiger partial charge in [-0.3, -0.25) is 9.36 Å². The van der Waals surface area contributed by atoms with Gasteiger partial charge in [0.05, 0.1) is 17.5 Å². The third-order valence-corrected chi connectivity index (χ3v) is 7.57. The quantitative estimate of drug-likeness (QED) is 0.511. The van der Waals surface area contributed by atoms with Crippen molar-refractivity contribution in [3.8, 4) is 5.75 Å². The molecule has 3 aromatic rings. The molecule has 1 fully saturated rings. The number of hydrogen-bond donors (Lipinski definition) is 0. The van der Waals surface area contributed by atoms with E-state index in [1.165, 1.54) is 27.1 Å². The van der Waals surface area contributed by atoms with Crippen molar-refractivity contribution in [1.29, 1.82) is 0 Å². The lowest BCUT2D eigenvalue weighted by atomic mass is 10.2. The molecule has 1 aromatic heterocycles. The standard InChI is InChI=1S/C23H25N3O6S/c1-3-26-20-10-9-19(16-21(20)32-23(26)28)33(29,30)25-14-12-24(13-15-25)22(27)11-6-17-4-7-18(31-2)8-5-17/h4-11,16H,3,12-15H2,1-2H3/b11-6+. The smallest absolute Gasteiger partial charge is 0.419 e. The van der Waals surface area contributed by atoms with E-state index in [-0.39, 0.29) is 42.6 Å². The highest BCUT2D eigenvalue weighted by molar-refractivity contribution is 7.89. The summed E-state index contributed by atoms with van der Waals surface area (Å²) in [7, 11) is -2.19. The summed E-state index contributed by atoms with van der Waals surface area (Å²) in [6.07, 6.45) is 3.20. The summed E-state index contributed by atoms with van der Waals surface area (Å²) < 4.78 is 39.3. The van der Waals surface area contributed by atoms with Crippen LogP contribution in [0.3, 0.4) is 0 Å². The van der Waals surface area contributed by atoms with Crippen molar-refractivity contribution in [3.63, 3.8) is 0 Å². The number of ether oxygens (including phenoxy) is 1. The number of oxazole rings is 1. The summed E-state index contributed by atoms with van der Waals surface area (Å²) in [5, 5.41) is 0. The highest BCUT2D eigenvalue weighted by Crippen LogP contribution is 2.23. The van der Waals surface area contributed by atoms with Gasteiger partial charge < -0.3 is 14.1 Å². The van der Waals surface area contributed by atoms with Gasteiger partial charge in [0.15, 0.2) is 5.58 Å². The van der Waals surface area contributed by atoms with Crippen molar-refractivity contribution >= 4 is 33.1 Å². The van der Waals surface area contributed by atoms with Crippen LogP contribution in [0.15, 0.2) is 62.6 Å². The SMILES string of the molecule is CCn1c(=O)oc2cc(S(=O)(=O)N3CCN(C(=O)/C=C/c4ccc(OC)cc4)CC3)ccc21. The van der Waals surface area contributed by atoms with Crippen LogP contribution in [-0.2, 0) is 21.4 Å². The second-order valence-corrected chi connectivity index (χ2v) is 9.52. The molecule has 2 aromatic carbocycles. The van der Waals surface area contributed by atoms with E-state index in [4.69, 9.17) is 9.15 Å². The Morgan fingerprint density at radius 1 is 1.09 bits per heavy atom. The van der Waals surface area contributed by atoms with E-state index in [1.54, 1.807) is 24.2 Å². The number of aromatic nitrogens is 1. The summed E-state index contributed by atoms with van der Waals surface area (Å²) in [6, 6.07) is 11.8. The van der Waals surface area contributed by atoms with Crippen LogP contribution in [0.25, 0.3) is 17.2 Å². The normalized spacial score (nSPS) is 15.4. The van der Waals surface area contributed by atoms with Crippen molar-refractivity contribution in [1.82, 2.24) is 13.8 Å². The molecule has 2 heterocycles. The Hall–Kier alpha value is -3.37. The third kappa shape index (κ3) is 4.57. The molecule has 0 aliphatic carbocycles. The Morgan fingerprint density at radius 3 is 2.42 bits per heavy atom. The third-order valence-electron chi connectivity index (χ3n) is 5.68. The zero-order valence-corrected chi connectivity index (χ0v) is 19.2. The number of nitrogens with zero attached hydrogens (tertiary/aromatic N) is 3. The van der Waals surface area contributed by atoms with Crippen LogP contribution in [0.2, 0.25) is 0 Å². The molecule has 33 heavy (non-hydrogen) atoms. The van der Waals surface area contributed by atoms with Crippen molar-refractivity contribution in [2.24, 2.45) is 0 Å². The molecule has 1 saturated heterocycles. The van der Waals surface area contributed by atoms with E-state index in [2.05, 4.69) is 0 Å². The number of carbonyl (C=O) groups is 1. The molecule has 0 saturated carbocycles. The number of amides is 1. The predicted octanol–water partition coefficient (Wildman–Crippen LogP) is 2.17. The average molecular weight is 472 g/mol. The number of aryl methyl sites for hydroxylation is 1. The number of rotatable bonds is 6. The first-order valence-electron chi connectivity index (χ1n) is 10.6. The van der Waals surface area contributed by atoms with E-state index >= 15 is 0 Å². The number of carbonyl (C=O) groups excluding carboxylic acids is 1. The zero-order valence-electron chi connectivity index (χ0n) is 18.4. The maximum absolute atomic E-state index is 13.1. The Bertz CT molecular complexity index is 1350. The molecule has 0 bridgehead atoms. The number of sulfonamides is 1. The first kappa shape index (κ1) is 22.8. The van der Waals surface area contributed by atoms with Gasteiger partial charge in [-0.1, -0.05) is 12.1 Å². The highest BCUT2D eigenvalue weighted by Gasteiger charge is 2.30. The lowest BCUT2D eigenvalue weighted by Gasteiger charge is -2.33. The summed E-state index contributed by atoms with van der Waals surface area (Å²) in [5.74, 6) is 0.0452. The lowest BCUT2D eigenvalue weighted by molar-refractivity contribution is -0.127. The van der Waals surface area contributed by atoms with Crippen LogP contribution in [0.4, 0.5) is 0 Å². The monoisotopic (exact) mass is 471 g/mol. The first-order chi connectivity index (χ1) is 15.8. The summed E-state index contributed by atoms with van der Waals surface area (Å²) in [4.78, 5) is 26.1. The van der Waals surface area contributed by atoms with Gasteiger partial charge >= 0.3 is 5.76 Å². The Morgan fingerprint density at radius 2 is 1.79 bits per heavy atom. The highest BCUT2D eigenvalue weighted by atomic mass is 32.2. The fraction of sp³-hybridized carbons (Fsp3) is 0.304. The predicted molar refractivity (Wildman–Crippen MR) is 124 cm³/mol. The number of fused-ring (bicyclic) bond motifs is 1. The molecule has 0 atom stereocenters. The summed E-state index contributed by atoms with van der Waals surface area (Å²) in [6.45, 7) is 3.18. The average Bonchev–Trinajstić information content (AvgIpc) is 3.16. The lowest BCUT2D eigenvalue weighted by Crippen LogP contribution is -2.50. The van der Waals surface area contributed by atoms with Crippen molar-refractivity contribution in [2.75, 3.05) is 33.3 Å². The zero-order chi connectivity index (χ0) is 23.6. The molecule has 0 spiro atoms. The fourth-order valence-electron chi connectivity index (χ4n) is 3.79. The van der Waals surface area contributed by atoms with Crippen LogP contribution in [-0.4, -0.2) is 61.4 Å². The molecule has 1 aliphatic rings. The summed E-state index contributed by atoms with van der Waals surface area (Å²) in [5.41, 5.74) is 1.66. The summed E-state index contributed by atoms with van der Waals surface area (Å²) >= 11 is 0. The molecule has 1 amide bonds. The topological polar surface area (TPSA) is 102 Å². The minimum Gasteiger partial charge on any atom is -0.497 e. The van der Waals surface area contributed by atoms with Crippen LogP contribution >= 0.6 is 0 Å². The Labute approximate surface area is 191 Å². The van der Waals surface area contributed by atoms with Crippen LogP contribution in [0.1, 0.15) is 12.5 Å². The number of hydrogen-bond acceptors (Lipinski definition) is 6. The van der Waals surface area contributed by atoms with Gasteiger partial charge in [-0.05, 0) is 42.8 Å². The van der Waals surface area contributed by atoms with E-state index in [1.807, 2.05) is 31.2 Å². The van der Waals surface area contributed by atoms with Gasteiger partial charge in [-0.25, -0.2) is 13.2 Å². The molecule has 4 rings (SSSR count). The van der Waals surface area contributed by atoms with Gasteiger partial charge in [0.25, 0.3) is 0 Å². The van der Waals surface area contributed by atoms with E-state index < -0.39 is 15.8 Å². The fourth-order valence-corrected chi connectivity index (χ4v) is 5.23. The van der Waals surface area contributed by atoms with Gasteiger partial charge in [0.2, 0.25) is 15.9 Å².